The third kappa shape index (κ3) is 3.39. The Hall–Kier alpha value is -1.66. The van der Waals surface area contributed by atoms with Gasteiger partial charge in [0.25, 0.3) is 5.91 Å². The van der Waals surface area contributed by atoms with E-state index in [9.17, 15) is 9.90 Å². The van der Waals surface area contributed by atoms with Crippen molar-refractivity contribution in [1.82, 2.24) is 14.9 Å². The number of nitrogens with one attached hydrogen (secondary N) is 1. The monoisotopic (exact) mass is 321 g/mol. The van der Waals surface area contributed by atoms with Crippen molar-refractivity contribution in [3.05, 3.63) is 34.6 Å². The summed E-state index contributed by atoms with van der Waals surface area (Å²) >= 11 is 1.53. The van der Waals surface area contributed by atoms with Crippen LogP contribution in [0.4, 0.5) is 0 Å². The van der Waals surface area contributed by atoms with Crippen molar-refractivity contribution < 1.29 is 9.90 Å². The Morgan fingerprint density at radius 1 is 1.50 bits per heavy atom. The second-order valence-corrected chi connectivity index (χ2v) is 6.47. The average Bonchev–Trinajstić information content (AvgIpc) is 3.11. The molecule has 2 aromatic rings. The molecule has 2 unspecified atom stereocenters. The molecule has 0 bridgehead atoms. The van der Waals surface area contributed by atoms with E-state index in [1.807, 2.05) is 43.7 Å². The van der Waals surface area contributed by atoms with Gasteiger partial charge in [-0.05, 0) is 25.8 Å². The van der Waals surface area contributed by atoms with E-state index in [-0.39, 0.29) is 18.4 Å². The summed E-state index contributed by atoms with van der Waals surface area (Å²) in [5.74, 6) is 0.0151. The van der Waals surface area contributed by atoms with Crippen molar-refractivity contribution in [3.8, 4) is 5.13 Å². The molecule has 0 aliphatic rings. The van der Waals surface area contributed by atoms with E-state index in [0.29, 0.717) is 5.56 Å². The molecule has 2 N–H and O–H groups in total. The summed E-state index contributed by atoms with van der Waals surface area (Å²) in [6.45, 7) is 8.14. The van der Waals surface area contributed by atoms with Crippen molar-refractivity contribution in [1.29, 1.82) is 0 Å². The topological polar surface area (TPSA) is 67.2 Å². The van der Waals surface area contributed by atoms with Crippen molar-refractivity contribution in [3.63, 3.8) is 0 Å². The fourth-order valence-electron chi connectivity index (χ4n) is 2.38. The quantitative estimate of drug-likeness (QED) is 0.859. The van der Waals surface area contributed by atoms with Gasteiger partial charge in [-0.2, -0.15) is 0 Å². The highest BCUT2D eigenvalue weighted by molar-refractivity contribution is 7.12. The lowest BCUT2D eigenvalue weighted by atomic mass is 10.0. The van der Waals surface area contributed by atoms with Crippen LogP contribution >= 0.6 is 11.3 Å². The Labute approximate surface area is 135 Å². The minimum atomic E-state index is -0.517. The molecule has 0 fully saturated rings. The molecular weight excluding hydrogens is 298 g/mol. The molecule has 0 aromatic carbocycles. The summed E-state index contributed by atoms with van der Waals surface area (Å²) in [7, 11) is 0. The number of aliphatic hydroxyl groups is 1. The first-order valence-electron chi connectivity index (χ1n) is 7.50. The number of aromatic nitrogens is 2. The molecule has 0 spiro atoms. The van der Waals surface area contributed by atoms with Gasteiger partial charge in [0, 0.05) is 29.5 Å². The van der Waals surface area contributed by atoms with E-state index in [1.54, 1.807) is 6.20 Å². The minimum Gasteiger partial charge on any atom is -0.391 e. The zero-order valence-electron chi connectivity index (χ0n) is 13.5. The van der Waals surface area contributed by atoms with Crippen molar-refractivity contribution in [2.45, 2.75) is 40.2 Å². The molecule has 2 atom stereocenters. The Kier molecular flexibility index (Phi) is 5.37. The van der Waals surface area contributed by atoms with Crippen LogP contribution in [0, 0.1) is 19.8 Å². The molecule has 0 saturated carbocycles. The van der Waals surface area contributed by atoms with Gasteiger partial charge in [-0.15, -0.1) is 11.3 Å². The number of rotatable bonds is 6. The number of hydrogen-bond donors (Lipinski definition) is 2. The number of hydrogen-bond acceptors (Lipinski definition) is 4. The number of thiazole rings is 1. The maximum absolute atomic E-state index is 12.4. The van der Waals surface area contributed by atoms with Gasteiger partial charge < -0.3 is 10.4 Å². The third-order valence-electron chi connectivity index (χ3n) is 4.06. The molecule has 1 amide bonds. The van der Waals surface area contributed by atoms with Gasteiger partial charge >= 0.3 is 0 Å². The maximum atomic E-state index is 12.4. The molecule has 0 radical (unpaired) electrons. The zero-order chi connectivity index (χ0) is 16.3. The van der Waals surface area contributed by atoms with E-state index in [2.05, 4.69) is 10.3 Å². The highest BCUT2D eigenvalue weighted by Gasteiger charge is 2.19. The summed E-state index contributed by atoms with van der Waals surface area (Å²) in [6, 6.07) is 1.86. The standard InChI is InChI=1S/C16H23N3O2S/c1-5-10(2)14(20)9-18-15(21)13-8-11(3)19(12(13)4)16-17-6-7-22-16/h6-8,10,14,20H,5,9H2,1-4H3,(H,18,21). The molecule has 0 saturated heterocycles. The van der Waals surface area contributed by atoms with Gasteiger partial charge in [-0.3, -0.25) is 9.36 Å². The third-order valence-corrected chi connectivity index (χ3v) is 4.82. The Morgan fingerprint density at radius 3 is 2.82 bits per heavy atom. The fraction of sp³-hybridized carbons (Fsp3) is 0.500. The summed E-state index contributed by atoms with van der Waals surface area (Å²) in [6.07, 6.45) is 2.12. The molecule has 2 rings (SSSR count). The second kappa shape index (κ2) is 7.07. The van der Waals surface area contributed by atoms with Crippen LogP contribution in [0.5, 0.6) is 0 Å². The Morgan fingerprint density at radius 2 is 2.23 bits per heavy atom. The highest BCUT2D eigenvalue weighted by atomic mass is 32.1. The predicted octanol–water partition coefficient (Wildman–Crippen LogP) is 2.69. The second-order valence-electron chi connectivity index (χ2n) is 5.60. The Balaban J connectivity index is 2.13. The van der Waals surface area contributed by atoms with Gasteiger partial charge in [-0.25, -0.2) is 4.98 Å². The van der Waals surface area contributed by atoms with Crippen LogP contribution in [-0.4, -0.2) is 33.2 Å². The first-order valence-corrected chi connectivity index (χ1v) is 8.38. The normalized spacial score (nSPS) is 13.9. The van der Waals surface area contributed by atoms with Crippen LogP contribution in [0.1, 0.15) is 42.0 Å². The van der Waals surface area contributed by atoms with Crippen LogP contribution in [0.2, 0.25) is 0 Å². The van der Waals surface area contributed by atoms with Gasteiger partial charge in [0.1, 0.15) is 0 Å². The number of aliphatic hydroxyl groups excluding tert-OH is 1. The molecular formula is C16H23N3O2S. The van der Waals surface area contributed by atoms with Crippen LogP contribution in [0.25, 0.3) is 5.13 Å². The van der Waals surface area contributed by atoms with Crippen molar-refractivity contribution in [2.24, 2.45) is 5.92 Å². The predicted molar refractivity (Wildman–Crippen MR) is 88.7 cm³/mol. The van der Waals surface area contributed by atoms with E-state index < -0.39 is 6.10 Å². The van der Waals surface area contributed by atoms with Crippen LogP contribution in [0.3, 0.4) is 0 Å². The molecule has 0 aliphatic heterocycles. The molecule has 2 heterocycles. The number of carbonyl (C=O) groups is 1. The first kappa shape index (κ1) is 16.7. The van der Waals surface area contributed by atoms with Crippen molar-refractivity contribution >= 4 is 17.2 Å². The summed E-state index contributed by atoms with van der Waals surface area (Å²) in [5.41, 5.74) is 2.46. The fourth-order valence-corrected chi connectivity index (χ4v) is 3.13. The lowest BCUT2D eigenvalue weighted by Gasteiger charge is -2.17. The molecule has 2 aromatic heterocycles. The summed E-state index contributed by atoms with van der Waals surface area (Å²) in [4.78, 5) is 16.7. The summed E-state index contributed by atoms with van der Waals surface area (Å²) < 4.78 is 1.98. The van der Waals surface area contributed by atoms with Gasteiger partial charge in [0.05, 0.1) is 11.7 Å². The van der Waals surface area contributed by atoms with Gasteiger partial charge in [-0.1, -0.05) is 20.3 Å². The van der Waals surface area contributed by atoms with Gasteiger partial charge in [0.2, 0.25) is 0 Å². The smallest absolute Gasteiger partial charge is 0.253 e. The maximum Gasteiger partial charge on any atom is 0.253 e. The number of aryl methyl sites for hydroxylation is 1. The molecule has 120 valence electrons. The van der Waals surface area contributed by atoms with Crippen LogP contribution in [0.15, 0.2) is 17.6 Å². The minimum absolute atomic E-state index is 0.154. The van der Waals surface area contributed by atoms with Crippen molar-refractivity contribution in [2.75, 3.05) is 6.54 Å². The van der Waals surface area contributed by atoms with E-state index in [0.717, 1.165) is 22.9 Å². The molecule has 22 heavy (non-hydrogen) atoms. The SMILES string of the molecule is CCC(C)C(O)CNC(=O)c1cc(C)n(-c2nccs2)c1C. The number of nitrogens with zero attached hydrogens (tertiary/aromatic N) is 2. The van der Waals surface area contributed by atoms with Crippen LogP contribution in [-0.2, 0) is 0 Å². The zero-order valence-corrected chi connectivity index (χ0v) is 14.3. The molecule has 5 nitrogen and oxygen atoms in total. The largest absolute Gasteiger partial charge is 0.391 e. The van der Waals surface area contributed by atoms with Crippen LogP contribution < -0.4 is 5.32 Å². The lowest BCUT2D eigenvalue weighted by molar-refractivity contribution is 0.0849. The number of amides is 1. The number of carbonyl (C=O) groups excluding carboxylic acids is 1. The highest BCUT2D eigenvalue weighted by Crippen LogP contribution is 2.22. The molecule has 6 heteroatoms. The van der Waals surface area contributed by atoms with E-state index >= 15 is 0 Å². The average molecular weight is 321 g/mol. The van der Waals surface area contributed by atoms with E-state index in [1.165, 1.54) is 11.3 Å². The lowest BCUT2D eigenvalue weighted by Crippen LogP contribution is -2.35. The molecule has 0 aliphatic carbocycles. The first-order chi connectivity index (χ1) is 10.5. The Bertz CT molecular complexity index is 634. The van der Waals surface area contributed by atoms with E-state index in [4.69, 9.17) is 0 Å². The summed E-state index contributed by atoms with van der Waals surface area (Å²) in [5, 5.41) is 15.6. The van der Waals surface area contributed by atoms with Gasteiger partial charge in [0.15, 0.2) is 5.13 Å².